The second-order valence-corrected chi connectivity index (χ2v) is 7.45. The molecule has 112 valence electrons. The summed E-state index contributed by atoms with van der Waals surface area (Å²) in [6, 6.07) is 0. The van der Waals surface area contributed by atoms with Gasteiger partial charge in [-0.2, -0.15) is 0 Å². The van der Waals surface area contributed by atoms with Crippen LogP contribution in [0.1, 0.15) is 73.6 Å². The third kappa shape index (κ3) is 8.85. The summed E-state index contributed by atoms with van der Waals surface area (Å²) in [6.45, 7) is 17.9. The molecule has 0 spiro atoms. The van der Waals surface area contributed by atoms with E-state index in [1.165, 1.54) is 6.42 Å². The van der Waals surface area contributed by atoms with Crippen LogP contribution in [0.2, 0.25) is 0 Å². The number of rotatable bonds is 8. The van der Waals surface area contributed by atoms with Gasteiger partial charge in [0, 0.05) is 13.0 Å². The highest BCUT2D eigenvalue weighted by Crippen LogP contribution is 2.26. The van der Waals surface area contributed by atoms with E-state index in [2.05, 4.69) is 48.1 Å². The highest BCUT2D eigenvalue weighted by atomic mass is 16.2. The number of hydrogen-bond acceptors (Lipinski definition) is 1. The van der Waals surface area contributed by atoms with E-state index in [0.29, 0.717) is 11.8 Å². The maximum absolute atomic E-state index is 12.1. The van der Waals surface area contributed by atoms with Gasteiger partial charge in [-0.05, 0) is 36.3 Å². The summed E-state index contributed by atoms with van der Waals surface area (Å²) in [5.41, 5.74) is 0.591. The number of hydrogen-bond donors (Lipinski definition) is 0. The molecular weight excluding hydrogens is 234 g/mol. The fourth-order valence-electron chi connectivity index (χ4n) is 1.85. The first-order valence-corrected chi connectivity index (χ1v) is 7.53. The van der Waals surface area contributed by atoms with Crippen LogP contribution in [0.5, 0.6) is 0 Å². The largest absolute Gasteiger partial charge is 0.320 e. The number of amides is 1. The molecular formula is C17H33NO. The van der Waals surface area contributed by atoms with Crippen molar-refractivity contribution in [3.63, 3.8) is 0 Å². The second-order valence-electron chi connectivity index (χ2n) is 7.45. The highest BCUT2D eigenvalue weighted by Gasteiger charge is 2.18. The summed E-state index contributed by atoms with van der Waals surface area (Å²) in [4.78, 5) is 13.9. The van der Waals surface area contributed by atoms with Crippen LogP contribution >= 0.6 is 0 Å². The molecule has 0 atom stereocenters. The Kier molecular flexibility index (Phi) is 7.39. The summed E-state index contributed by atoms with van der Waals surface area (Å²) in [5.74, 6) is 0.208. The molecule has 1 amide bonds. The van der Waals surface area contributed by atoms with Gasteiger partial charge in [-0.25, -0.2) is 0 Å². The lowest BCUT2D eigenvalue weighted by Gasteiger charge is -2.25. The Morgan fingerprint density at radius 3 is 2.16 bits per heavy atom. The van der Waals surface area contributed by atoms with Crippen molar-refractivity contribution >= 4 is 5.91 Å². The van der Waals surface area contributed by atoms with E-state index >= 15 is 0 Å². The van der Waals surface area contributed by atoms with Crippen molar-refractivity contribution in [3.8, 4) is 0 Å². The van der Waals surface area contributed by atoms with Crippen molar-refractivity contribution in [3.05, 3.63) is 12.8 Å². The zero-order valence-corrected chi connectivity index (χ0v) is 13.9. The molecule has 0 radical (unpaired) electrons. The molecule has 0 aliphatic rings. The Morgan fingerprint density at radius 1 is 1.16 bits per heavy atom. The average Bonchev–Trinajstić information content (AvgIpc) is 2.31. The van der Waals surface area contributed by atoms with E-state index in [9.17, 15) is 4.79 Å². The van der Waals surface area contributed by atoms with E-state index < -0.39 is 0 Å². The number of carbonyl (C=O) groups excluding carboxylic acids is 1. The summed E-state index contributed by atoms with van der Waals surface area (Å²) >= 11 is 0. The Hall–Kier alpha value is -0.790. The lowest BCUT2D eigenvalue weighted by atomic mass is 9.85. The van der Waals surface area contributed by atoms with Crippen molar-refractivity contribution in [2.45, 2.75) is 73.6 Å². The normalized spacial score (nSPS) is 12.3. The van der Waals surface area contributed by atoms with Gasteiger partial charge in [0.15, 0.2) is 0 Å². The predicted molar refractivity (Wildman–Crippen MR) is 83.9 cm³/mol. The number of carbonyl (C=O) groups is 1. The van der Waals surface area contributed by atoms with Gasteiger partial charge in [0.1, 0.15) is 0 Å². The third-order valence-corrected chi connectivity index (χ3v) is 3.84. The lowest BCUT2D eigenvalue weighted by Crippen LogP contribution is -2.28. The lowest BCUT2D eigenvalue weighted by molar-refractivity contribution is -0.129. The zero-order chi connectivity index (χ0) is 15.1. The Bertz CT molecular complexity index is 286. The summed E-state index contributed by atoms with van der Waals surface area (Å²) < 4.78 is 0. The molecule has 0 aromatic carbocycles. The van der Waals surface area contributed by atoms with E-state index in [1.807, 2.05) is 0 Å². The van der Waals surface area contributed by atoms with E-state index in [4.69, 9.17) is 0 Å². The summed E-state index contributed by atoms with van der Waals surface area (Å²) in [7, 11) is 0. The van der Waals surface area contributed by atoms with Crippen LogP contribution in [-0.2, 0) is 4.79 Å². The van der Waals surface area contributed by atoms with Gasteiger partial charge in [-0.3, -0.25) is 4.79 Å². The van der Waals surface area contributed by atoms with Gasteiger partial charge in [0.25, 0.3) is 0 Å². The van der Waals surface area contributed by atoms with Gasteiger partial charge >= 0.3 is 0 Å². The first-order valence-electron chi connectivity index (χ1n) is 7.53. The van der Waals surface area contributed by atoms with Crippen LogP contribution in [0.3, 0.4) is 0 Å². The topological polar surface area (TPSA) is 20.3 Å². The molecule has 0 heterocycles. The van der Waals surface area contributed by atoms with Gasteiger partial charge in [-0.15, -0.1) is 0 Å². The van der Waals surface area contributed by atoms with Gasteiger partial charge < -0.3 is 4.90 Å². The van der Waals surface area contributed by atoms with Crippen LogP contribution in [0.4, 0.5) is 0 Å². The predicted octanol–water partition coefficient (Wildman–Crippen LogP) is 5.00. The van der Waals surface area contributed by atoms with Crippen molar-refractivity contribution < 1.29 is 4.79 Å². The van der Waals surface area contributed by atoms with Gasteiger partial charge in [-0.1, -0.05) is 54.5 Å². The van der Waals surface area contributed by atoms with Crippen molar-refractivity contribution in [1.82, 2.24) is 4.90 Å². The fourth-order valence-corrected chi connectivity index (χ4v) is 1.85. The second kappa shape index (κ2) is 7.72. The molecule has 0 bridgehead atoms. The van der Waals surface area contributed by atoms with Crippen molar-refractivity contribution in [1.29, 1.82) is 0 Å². The quantitative estimate of drug-likeness (QED) is 0.606. The van der Waals surface area contributed by atoms with Crippen LogP contribution in [0.25, 0.3) is 0 Å². The standard InChI is InChI=1S/C17H33NO/c1-8-17(6,7)12-10-14-18(9-2)15(19)11-13-16(3,4)5/h9H,2,8,10-14H2,1,3-7H3. The maximum Gasteiger partial charge on any atom is 0.226 e. The highest BCUT2D eigenvalue weighted by molar-refractivity contribution is 5.77. The maximum atomic E-state index is 12.1. The molecule has 19 heavy (non-hydrogen) atoms. The van der Waals surface area contributed by atoms with E-state index in [-0.39, 0.29) is 11.3 Å². The molecule has 0 rings (SSSR count). The van der Waals surface area contributed by atoms with Gasteiger partial charge in [0.2, 0.25) is 5.91 Å². The minimum absolute atomic E-state index is 0.208. The molecule has 0 saturated carbocycles. The Balaban J connectivity index is 4.14. The van der Waals surface area contributed by atoms with Crippen LogP contribution in [0, 0.1) is 10.8 Å². The average molecular weight is 267 g/mol. The molecule has 0 aliphatic heterocycles. The van der Waals surface area contributed by atoms with Gasteiger partial charge in [0.05, 0.1) is 0 Å². The monoisotopic (exact) mass is 267 g/mol. The van der Waals surface area contributed by atoms with E-state index in [1.54, 1.807) is 11.1 Å². The zero-order valence-electron chi connectivity index (χ0n) is 13.9. The van der Waals surface area contributed by atoms with Crippen molar-refractivity contribution in [2.24, 2.45) is 10.8 Å². The SMILES string of the molecule is C=CN(CCCC(C)(C)CC)C(=O)CCC(C)(C)C. The fraction of sp³-hybridized carbons (Fsp3) is 0.824. The first-order chi connectivity index (χ1) is 8.61. The molecule has 0 saturated heterocycles. The Morgan fingerprint density at radius 2 is 1.74 bits per heavy atom. The molecule has 0 fully saturated rings. The third-order valence-electron chi connectivity index (χ3n) is 3.84. The summed E-state index contributed by atoms with van der Waals surface area (Å²) in [6.07, 6.45) is 6.61. The Labute approximate surface area is 120 Å². The molecule has 0 aromatic rings. The molecule has 0 aliphatic carbocycles. The molecule has 2 nitrogen and oxygen atoms in total. The van der Waals surface area contributed by atoms with Crippen LogP contribution in [-0.4, -0.2) is 17.4 Å². The van der Waals surface area contributed by atoms with Crippen LogP contribution < -0.4 is 0 Å². The molecule has 0 N–H and O–H groups in total. The van der Waals surface area contributed by atoms with Crippen LogP contribution in [0.15, 0.2) is 12.8 Å². The van der Waals surface area contributed by atoms with E-state index in [0.717, 1.165) is 25.8 Å². The number of nitrogens with zero attached hydrogens (tertiary/aromatic N) is 1. The van der Waals surface area contributed by atoms with Crippen molar-refractivity contribution in [2.75, 3.05) is 6.54 Å². The minimum Gasteiger partial charge on any atom is -0.320 e. The minimum atomic E-state index is 0.208. The summed E-state index contributed by atoms with van der Waals surface area (Å²) in [5, 5.41) is 0. The smallest absolute Gasteiger partial charge is 0.226 e. The molecule has 0 unspecified atom stereocenters. The first kappa shape index (κ1) is 18.2. The molecule has 2 heteroatoms. The molecule has 0 aromatic heterocycles.